The van der Waals surface area contributed by atoms with Gasteiger partial charge in [0.25, 0.3) is 5.91 Å². The predicted octanol–water partition coefficient (Wildman–Crippen LogP) is 7.06. The summed E-state index contributed by atoms with van der Waals surface area (Å²) in [7, 11) is -6.30. The maximum absolute atomic E-state index is 15.0. The van der Waals surface area contributed by atoms with E-state index in [1.807, 2.05) is 0 Å². The fourth-order valence-electron chi connectivity index (χ4n) is 5.41. The number of halogens is 3. The number of imidazole rings is 1. The number of amides is 1. The second-order valence-electron chi connectivity index (χ2n) is 16.2. The molecule has 2 aliphatic rings. The molecule has 12 nitrogen and oxygen atoms in total. The summed E-state index contributed by atoms with van der Waals surface area (Å²) in [4.78, 5) is 21.5. The van der Waals surface area contributed by atoms with Crippen molar-refractivity contribution in [3.63, 3.8) is 0 Å². The molecular weight excluding hydrogens is 754 g/mol. The molecule has 2 aliphatic heterocycles. The zero-order chi connectivity index (χ0) is 38.4. The van der Waals surface area contributed by atoms with Crippen molar-refractivity contribution in [3.05, 3.63) is 46.0 Å². The van der Waals surface area contributed by atoms with Crippen LogP contribution in [0.1, 0.15) is 36.7 Å². The second-order valence-corrected chi connectivity index (χ2v) is 29.6. The molecule has 3 aromatic rings. The molecule has 1 aromatic carbocycles. The number of rotatable bonds is 13. The van der Waals surface area contributed by atoms with E-state index >= 15 is 8.78 Å². The van der Waals surface area contributed by atoms with E-state index < -0.39 is 61.9 Å². The first-order chi connectivity index (χ1) is 24.0. The summed E-state index contributed by atoms with van der Waals surface area (Å²) in [5.41, 5.74) is -0.136. The van der Waals surface area contributed by atoms with E-state index in [9.17, 15) is 9.00 Å². The first-order valence-corrected chi connectivity index (χ1v) is 26.4. The number of ether oxygens (including phenoxy) is 5. The summed E-state index contributed by atoms with van der Waals surface area (Å²) in [5.74, 6) is -3.20. The van der Waals surface area contributed by atoms with Gasteiger partial charge in [-0.25, -0.2) is 13.0 Å². The van der Waals surface area contributed by atoms with Gasteiger partial charge >= 0.3 is 6.01 Å². The minimum absolute atomic E-state index is 0.0256. The summed E-state index contributed by atoms with van der Waals surface area (Å²) >= 11 is 6.53. The number of pyridine rings is 1. The van der Waals surface area contributed by atoms with Crippen LogP contribution in [0, 0.1) is 11.6 Å². The SMILES string of the molecule is CC(C)(C)[Si](C)(C)O[C@@H]1CO[C@H]2[C@@H]1OC[C@H]2Oc1nc2cc(Cl)c(OCc3c(F)cc(C(=O)N=S(C)(C)=O)cc3F)nc2n1COCC[Si](C)(C)C. The summed E-state index contributed by atoms with van der Waals surface area (Å²) in [6.45, 7) is 18.4. The van der Waals surface area contributed by atoms with E-state index in [0.29, 0.717) is 24.4 Å². The first-order valence-electron chi connectivity index (χ1n) is 17.1. The van der Waals surface area contributed by atoms with Gasteiger partial charge in [0.2, 0.25) is 5.88 Å². The van der Waals surface area contributed by atoms with E-state index in [1.54, 1.807) is 4.57 Å². The number of carbonyl (C=O) groups excluding carboxylic acids is 1. The van der Waals surface area contributed by atoms with Crippen molar-refractivity contribution < 1.29 is 45.9 Å². The molecule has 4 heterocycles. The number of benzene rings is 1. The molecule has 2 fully saturated rings. The summed E-state index contributed by atoms with van der Waals surface area (Å²) in [5, 5.41) is 0.0714. The Labute approximate surface area is 311 Å². The average Bonchev–Trinajstić information content (AvgIpc) is 3.67. The lowest BCUT2D eigenvalue weighted by Gasteiger charge is -2.39. The quantitative estimate of drug-likeness (QED) is 0.131. The largest absolute Gasteiger partial charge is 0.471 e. The molecule has 52 heavy (non-hydrogen) atoms. The van der Waals surface area contributed by atoms with Crippen LogP contribution >= 0.6 is 11.6 Å². The molecule has 5 rings (SSSR count). The zero-order valence-corrected chi connectivity index (χ0v) is 35.0. The highest BCUT2D eigenvalue weighted by Crippen LogP contribution is 2.41. The highest BCUT2D eigenvalue weighted by Gasteiger charge is 2.52. The molecule has 4 atom stereocenters. The molecule has 1 amide bonds. The molecule has 0 radical (unpaired) electrons. The Bertz CT molecular complexity index is 1910. The van der Waals surface area contributed by atoms with Crippen molar-refractivity contribution in [1.82, 2.24) is 14.5 Å². The topological polar surface area (TPSA) is 133 Å². The lowest BCUT2D eigenvalue weighted by atomic mass is 10.1. The van der Waals surface area contributed by atoms with Gasteiger partial charge in [-0.05, 0) is 42.4 Å². The van der Waals surface area contributed by atoms with Crippen LogP contribution in [-0.4, -0.2) is 97.8 Å². The van der Waals surface area contributed by atoms with Gasteiger partial charge in [0.15, 0.2) is 20.1 Å². The minimum atomic E-state index is -2.82. The van der Waals surface area contributed by atoms with Gasteiger partial charge in [-0.1, -0.05) is 52.0 Å². The summed E-state index contributed by atoms with van der Waals surface area (Å²) in [6, 6.07) is 4.30. The van der Waals surface area contributed by atoms with Crippen LogP contribution in [0.2, 0.25) is 48.8 Å². The van der Waals surface area contributed by atoms with E-state index in [4.69, 9.17) is 39.7 Å². The molecule has 2 aromatic heterocycles. The first kappa shape index (κ1) is 40.7. The highest BCUT2D eigenvalue weighted by molar-refractivity contribution is 7.92. The predicted molar refractivity (Wildman–Crippen MR) is 200 cm³/mol. The second kappa shape index (κ2) is 15.3. The third-order valence-corrected chi connectivity index (χ3v) is 16.4. The number of nitrogens with zero attached hydrogens (tertiary/aromatic N) is 4. The van der Waals surface area contributed by atoms with Gasteiger partial charge in [-0.2, -0.15) is 14.3 Å². The number of aromatic nitrogens is 3. The van der Waals surface area contributed by atoms with Crippen molar-refractivity contribution in [2.24, 2.45) is 4.36 Å². The Morgan fingerprint density at radius 3 is 2.25 bits per heavy atom. The van der Waals surface area contributed by atoms with Gasteiger partial charge in [0.1, 0.15) is 47.7 Å². The van der Waals surface area contributed by atoms with E-state index in [0.717, 1.165) is 18.2 Å². The minimum Gasteiger partial charge on any atom is -0.471 e. The Morgan fingerprint density at radius 2 is 1.65 bits per heavy atom. The van der Waals surface area contributed by atoms with Crippen molar-refractivity contribution >= 4 is 54.8 Å². The van der Waals surface area contributed by atoms with Gasteiger partial charge in [0.05, 0.1) is 24.9 Å². The standard InChI is InChI=1S/C34H49ClF2N4O8SSi2/c1-34(2,3)52(9,10)49-27-18-46-28-26(17-45-29(27)28)48-33-38-25-15-22(35)32(39-30(25)41(33)19-44-11-12-51(6,7)8)47-16-21-23(36)13-20(14-24(21)37)31(42)40-50(4,5)43/h13-15,26-29H,11-12,16-19H2,1-10H3/t26-,27-,28-,29-/m1/s1. The van der Waals surface area contributed by atoms with Crippen LogP contribution in [0.5, 0.6) is 11.9 Å². The van der Waals surface area contributed by atoms with Gasteiger partial charge in [-0.15, -0.1) is 0 Å². The third kappa shape index (κ3) is 9.58. The lowest BCUT2D eigenvalue weighted by Crippen LogP contribution is -2.47. The van der Waals surface area contributed by atoms with Crippen LogP contribution in [0.25, 0.3) is 11.2 Å². The van der Waals surface area contributed by atoms with Crippen LogP contribution in [-0.2, 0) is 41.7 Å². The monoisotopic (exact) mass is 802 g/mol. The van der Waals surface area contributed by atoms with Gasteiger partial charge in [0, 0.05) is 42.5 Å². The van der Waals surface area contributed by atoms with Gasteiger partial charge in [-0.3, -0.25) is 9.36 Å². The van der Waals surface area contributed by atoms with E-state index in [-0.39, 0.29) is 59.2 Å². The smallest absolute Gasteiger partial charge is 0.301 e. The molecule has 18 heteroatoms. The van der Waals surface area contributed by atoms with Crippen molar-refractivity contribution in [2.75, 3.05) is 32.3 Å². The molecule has 0 spiro atoms. The fourth-order valence-corrected chi connectivity index (χ4v) is 8.18. The Kier molecular flexibility index (Phi) is 12.0. The summed E-state index contributed by atoms with van der Waals surface area (Å²) in [6.07, 6.45) is 1.13. The molecule has 0 bridgehead atoms. The maximum atomic E-state index is 15.0. The van der Waals surface area contributed by atoms with Crippen LogP contribution in [0.15, 0.2) is 22.6 Å². The zero-order valence-electron chi connectivity index (χ0n) is 31.4. The Balaban J connectivity index is 1.38. The number of carbonyl (C=O) groups is 1. The van der Waals surface area contributed by atoms with Crippen LogP contribution < -0.4 is 9.47 Å². The fraction of sp³-hybridized carbons (Fsp3) is 0.618. The molecule has 2 saturated heterocycles. The van der Waals surface area contributed by atoms with Crippen LogP contribution in [0.3, 0.4) is 0 Å². The molecule has 0 unspecified atom stereocenters. The summed E-state index contributed by atoms with van der Waals surface area (Å²) < 4.78 is 84.4. The number of hydrogen-bond acceptors (Lipinski definition) is 10. The Hall–Kier alpha value is -2.52. The molecule has 0 N–H and O–H groups in total. The maximum Gasteiger partial charge on any atom is 0.301 e. The average molecular weight is 803 g/mol. The Morgan fingerprint density at radius 1 is 1.04 bits per heavy atom. The van der Waals surface area contributed by atoms with E-state index in [1.165, 1.54) is 18.6 Å². The van der Waals surface area contributed by atoms with Crippen molar-refractivity contribution in [2.45, 2.75) is 102 Å². The van der Waals surface area contributed by atoms with Gasteiger partial charge < -0.3 is 28.1 Å². The van der Waals surface area contributed by atoms with E-state index in [2.05, 4.69) is 67.8 Å². The molecule has 288 valence electrons. The number of hydrogen-bond donors (Lipinski definition) is 0. The molecular formula is C34H49ClF2N4O8SSi2. The van der Waals surface area contributed by atoms with Crippen LogP contribution in [0.4, 0.5) is 8.78 Å². The lowest BCUT2D eigenvalue weighted by molar-refractivity contribution is 0.00686. The van der Waals surface area contributed by atoms with Crippen molar-refractivity contribution in [1.29, 1.82) is 0 Å². The molecule has 0 aliphatic carbocycles. The van der Waals surface area contributed by atoms with Crippen molar-refractivity contribution in [3.8, 4) is 11.9 Å². The third-order valence-electron chi connectivity index (χ3n) is 9.34. The number of fused-ring (bicyclic) bond motifs is 2. The normalized spacial score (nSPS) is 21.1. The highest BCUT2D eigenvalue weighted by atomic mass is 35.5. The molecule has 0 saturated carbocycles.